The second kappa shape index (κ2) is 3.34. The van der Waals surface area contributed by atoms with Gasteiger partial charge < -0.3 is 5.11 Å². The smallest absolute Gasteiger partial charge is 0.309 e. The van der Waals surface area contributed by atoms with Gasteiger partial charge in [-0.2, -0.15) is 0 Å². The van der Waals surface area contributed by atoms with Crippen LogP contribution in [-0.4, -0.2) is 26.7 Å². The predicted molar refractivity (Wildman–Crippen MR) is 61.8 cm³/mol. The van der Waals surface area contributed by atoms with E-state index in [0.29, 0.717) is 5.92 Å². The highest BCUT2D eigenvalue weighted by molar-refractivity contribution is 8.21. The number of thioether (sulfide) groups is 2. The third-order valence-corrected chi connectivity index (χ3v) is 7.29. The van der Waals surface area contributed by atoms with Crippen molar-refractivity contribution in [2.75, 3.05) is 11.5 Å². The van der Waals surface area contributed by atoms with Crippen molar-refractivity contribution in [3.63, 3.8) is 0 Å². The summed E-state index contributed by atoms with van der Waals surface area (Å²) in [6.45, 7) is 4.11. The van der Waals surface area contributed by atoms with E-state index in [1.165, 1.54) is 11.5 Å². The molecular weight excluding hydrogens is 216 g/mol. The van der Waals surface area contributed by atoms with E-state index in [1.807, 2.05) is 30.4 Å². The quantitative estimate of drug-likeness (QED) is 0.754. The summed E-state index contributed by atoms with van der Waals surface area (Å²) < 4.78 is 0.215. The molecule has 80 valence electrons. The topological polar surface area (TPSA) is 37.3 Å². The van der Waals surface area contributed by atoms with Crippen LogP contribution in [0.15, 0.2) is 0 Å². The first-order valence-corrected chi connectivity index (χ1v) is 6.97. The molecule has 2 fully saturated rings. The van der Waals surface area contributed by atoms with Crippen LogP contribution in [-0.2, 0) is 4.79 Å². The monoisotopic (exact) mass is 232 g/mol. The molecule has 2 rings (SSSR count). The minimum atomic E-state index is -0.616. The molecule has 1 saturated carbocycles. The van der Waals surface area contributed by atoms with E-state index < -0.39 is 11.4 Å². The zero-order valence-corrected chi connectivity index (χ0v) is 10.2. The van der Waals surface area contributed by atoms with Gasteiger partial charge in [0.15, 0.2) is 0 Å². The lowest BCUT2D eigenvalue weighted by Crippen LogP contribution is -2.26. The standard InChI is InChI=1S/C10H16O2S2/c1-7-5-9(2,8(11)12)6-10(7)13-3-4-14-10/h7H,3-6H2,1-2H3,(H,11,12)/t7-,9+/m0/s1. The van der Waals surface area contributed by atoms with Crippen molar-refractivity contribution in [1.82, 2.24) is 0 Å². The maximum Gasteiger partial charge on any atom is 0.309 e. The fraction of sp³-hybridized carbons (Fsp3) is 0.900. The van der Waals surface area contributed by atoms with Crippen LogP contribution in [0.1, 0.15) is 26.7 Å². The second-order valence-electron chi connectivity index (χ2n) is 4.66. The average Bonchev–Trinajstić information content (AvgIpc) is 2.61. The maximum absolute atomic E-state index is 11.2. The van der Waals surface area contributed by atoms with Crippen LogP contribution < -0.4 is 0 Å². The zero-order chi connectivity index (χ0) is 10.4. The minimum absolute atomic E-state index is 0.215. The molecule has 2 nitrogen and oxygen atoms in total. The molecule has 1 aliphatic carbocycles. The summed E-state index contributed by atoms with van der Waals surface area (Å²) in [5.41, 5.74) is -0.482. The first kappa shape index (κ1) is 10.7. The van der Waals surface area contributed by atoms with Gasteiger partial charge in [-0.05, 0) is 25.7 Å². The number of hydrogen-bond donors (Lipinski definition) is 1. The van der Waals surface area contributed by atoms with E-state index in [9.17, 15) is 9.90 Å². The summed E-state index contributed by atoms with van der Waals surface area (Å²) in [5, 5.41) is 9.22. The van der Waals surface area contributed by atoms with E-state index in [2.05, 4.69) is 6.92 Å². The fourth-order valence-corrected chi connectivity index (χ4v) is 6.41. The fourth-order valence-electron chi connectivity index (χ4n) is 2.64. The van der Waals surface area contributed by atoms with Crippen molar-refractivity contribution in [2.45, 2.75) is 30.8 Å². The lowest BCUT2D eigenvalue weighted by molar-refractivity contribution is -0.147. The van der Waals surface area contributed by atoms with Gasteiger partial charge in [-0.3, -0.25) is 4.79 Å². The molecule has 0 aromatic carbocycles. The number of aliphatic carboxylic acids is 1. The predicted octanol–water partition coefficient (Wildman–Crippen LogP) is 2.68. The zero-order valence-electron chi connectivity index (χ0n) is 8.58. The Labute approximate surface area is 93.2 Å². The van der Waals surface area contributed by atoms with Gasteiger partial charge in [0.05, 0.1) is 9.49 Å². The Morgan fingerprint density at radius 1 is 1.43 bits per heavy atom. The summed E-state index contributed by atoms with van der Waals surface area (Å²) in [7, 11) is 0. The van der Waals surface area contributed by atoms with E-state index in [-0.39, 0.29) is 4.08 Å². The van der Waals surface area contributed by atoms with Crippen molar-refractivity contribution < 1.29 is 9.90 Å². The normalized spacial score (nSPS) is 40.6. The third kappa shape index (κ3) is 1.47. The SMILES string of the molecule is C[C@H]1C[C@@](C)(C(=O)O)CC12SCCS2. The van der Waals surface area contributed by atoms with Crippen LogP contribution in [0.4, 0.5) is 0 Å². The molecule has 4 heteroatoms. The maximum atomic E-state index is 11.2. The lowest BCUT2D eigenvalue weighted by Gasteiger charge is -2.27. The first-order chi connectivity index (χ1) is 6.49. The van der Waals surface area contributed by atoms with Crippen molar-refractivity contribution in [1.29, 1.82) is 0 Å². The third-order valence-electron chi connectivity index (χ3n) is 3.44. The Balaban J connectivity index is 2.21. The Kier molecular flexibility index (Phi) is 2.55. The molecule has 0 unspecified atom stereocenters. The summed E-state index contributed by atoms with van der Waals surface area (Å²) in [6, 6.07) is 0. The van der Waals surface area contributed by atoms with Crippen molar-refractivity contribution >= 4 is 29.5 Å². The van der Waals surface area contributed by atoms with Gasteiger partial charge in [0.1, 0.15) is 0 Å². The summed E-state index contributed by atoms with van der Waals surface area (Å²) in [4.78, 5) is 11.2. The van der Waals surface area contributed by atoms with Crippen LogP contribution in [0.25, 0.3) is 0 Å². The average molecular weight is 232 g/mol. The first-order valence-electron chi connectivity index (χ1n) is 5.00. The van der Waals surface area contributed by atoms with Crippen LogP contribution in [0.2, 0.25) is 0 Å². The number of hydrogen-bond acceptors (Lipinski definition) is 3. The van der Waals surface area contributed by atoms with Gasteiger partial charge in [0.25, 0.3) is 0 Å². The van der Waals surface area contributed by atoms with E-state index in [1.54, 1.807) is 0 Å². The number of rotatable bonds is 1. The van der Waals surface area contributed by atoms with Crippen LogP contribution >= 0.6 is 23.5 Å². The molecule has 14 heavy (non-hydrogen) atoms. The number of carbonyl (C=O) groups is 1. The van der Waals surface area contributed by atoms with E-state index >= 15 is 0 Å². The van der Waals surface area contributed by atoms with Crippen molar-refractivity contribution in [3.05, 3.63) is 0 Å². The molecular formula is C10H16O2S2. The molecule has 1 aliphatic heterocycles. The van der Waals surface area contributed by atoms with Gasteiger partial charge in [-0.25, -0.2) is 0 Å². The molecule has 1 saturated heterocycles. The van der Waals surface area contributed by atoms with Gasteiger partial charge in [-0.1, -0.05) is 6.92 Å². The minimum Gasteiger partial charge on any atom is -0.481 e. The van der Waals surface area contributed by atoms with Gasteiger partial charge in [0, 0.05) is 11.5 Å². The molecule has 1 spiro atoms. The Bertz CT molecular complexity index is 261. The Hall–Kier alpha value is 0.170. The van der Waals surface area contributed by atoms with Gasteiger partial charge >= 0.3 is 5.97 Å². The molecule has 2 aliphatic rings. The van der Waals surface area contributed by atoms with Crippen molar-refractivity contribution in [2.24, 2.45) is 11.3 Å². The molecule has 0 amide bonds. The molecule has 0 aromatic rings. The molecule has 0 aromatic heterocycles. The Morgan fingerprint density at radius 3 is 2.43 bits per heavy atom. The summed E-state index contributed by atoms with van der Waals surface area (Å²) in [5.74, 6) is 2.28. The highest BCUT2D eigenvalue weighted by Gasteiger charge is 2.56. The van der Waals surface area contributed by atoms with E-state index in [0.717, 1.165) is 12.8 Å². The summed E-state index contributed by atoms with van der Waals surface area (Å²) in [6.07, 6.45) is 1.67. The summed E-state index contributed by atoms with van der Waals surface area (Å²) >= 11 is 3.96. The molecule has 2 atom stereocenters. The highest BCUT2D eigenvalue weighted by atomic mass is 32.2. The molecule has 0 radical (unpaired) electrons. The van der Waals surface area contributed by atoms with Crippen LogP contribution in [0.3, 0.4) is 0 Å². The largest absolute Gasteiger partial charge is 0.481 e. The Morgan fingerprint density at radius 2 is 2.00 bits per heavy atom. The number of carboxylic acids is 1. The van der Waals surface area contributed by atoms with Crippen LogP contribution in [0.5, 0.6) is 0 Å². The molecule has 1 heterocycles. The van der Waals surface area contributed by atoms with Gasteiger partial charge in [0.2, 0.25) is 0 Å². The van der Waals surface area contributed by atoms with Gasteiger partial charge in [-0.15, -0.1) is 23.5 Å². The molecule has 0 bridgehead atoms. The lowest BCUT2D eigenvalue weighted by atomic mass is 9.88. The van der Waals surface area contributed by atoms with E-state index in [4.69, 9.17) is 0 Å². The van der Waals surface area contributed by atoms with Crippen LogP contribution in [0, 0.1) is 11.3 Å². The second-order valence-corrected chi connectivity index (χ2v) is 7.77. The molecule has 1 N–H and O–H groups in total. The number of carboxylic acid groups (broad SMARTS) is 1. The highest BCUT2D eigenvalue weighted by Crippen LogP contribution is 2.62. The van der Waals surface area contributed by atoms with Crippen molar-refractivity contribution in [3.8, 4) is 0 Å².